The van der Waals surface area contributed by atoms with Crippen molar-refractivity contribution < 1.29 is 9.53 Å². The van der Waals surface area contributed by atoms with Crippen molar-refractivity contribution in [2.24, 2.45) is 0 Å². The fourth-order valence-corrected chi connectivity index (χ4v) is 2.98. The molecule has 1 fully saturated rings. The van der Waals surface area contributed by atoms with Gasteiger partial charge in [0.2, 0.25) is 0 Å². The van der Waals surface area contributed by atoms with E-state index < -0.39 is 0 Å². The molecule has 0 saturated heterocycles. The van der Waals surface area contributed by atoms with Gasteiger partial charge in [0.05, 0.1) is 12.2 Å². The molecule has 138 valence electrons. The third kappa shape index (κ3) is 4.34. The van der Waals surface area contributed by atoms with Gasteiger partial charge >= 0.3 is 0 Å². The molecule has 0 unspecified atom stereocenters. The van der Waals surface area contributed by atoms with Gasteiger partial charge in [-0.25, -0.2) is 4.68 Å². The first-order valence-electron chi connectivity index (χ1n) is 9.15. The zero-order valence-corrected chi connectivity index (χ0v) is 14.9. The smallest absolute Gasteiger partial charge is 0.266 e. The highest BCUT2D eigenvalue weighted by Crippen LogP contribution is 2.38. The summed E-state index contributed by atoms with van der Waals surface area (Å²) in [6, 6.07) is 17.1. The average molecular weight is 363 g/mol. The van der Waals surface area contributed by atoms with Crippen molar-refractivity contribution in [3.05, 3.63) is 70.6 Å². The highest BCUT2D eigenvalue weighted by atomic mass is 16.5. The molecule has 1 aliphatic carbocycles. The number of hydrogen-bond donors (Lipinski definition) is 1. The zero-order chi connectivity index (χ0) is 18.6. The topological polar surface area (TPSA) is 73.2 Å². The van der Waals surface area contributed by atoms with Gasteiger partial charge in [-0.15, -0.1) is 0 Å². The number of fused-ring (bicyclic) bond motifs is 1. The first-order valence-corrected chi connectivity index (χ1v) is 9.15. The van der Waals surface area contributed by atoms with Crippen LogP contribution in [-0.2, 0) is 11.3 Å². The largest absolute Gasteiger partial charge is 0.484 e. The van der Waals surface area contributed by atoms with Gasteiger partial charge in [-0.1, -0.05) is 30.3 Å². The number of rotatable bonds is 7. The van der Waals surface area contributed by atoms with Gasteiger partial charge in [-0.3, -0.25) is 9.59 Å². The number of nitrogens with zero attached hydrogens (tertiary/aromatic N) is 2. The Morgan fingerprint density at radius 3 is 2.74 bits per heavy atom. The molecule has 1 saturated carbocycles. The molecule has 0 aliphatic heterocycles. The van der Waals surface area contributed by atoms with Crippen LogP contribution in [0.1, 0.15) is 24.5 Å². The summed E-state index contributed by atoms with van der Waals surface area (Å²) in [7, 11) is 0. The van der Waals surface area contributed by atoms with E-state index in [0.29, 0.717) is 24.8 Å². The summed E-state index contributed by atoms with van der Waals surface area (Å²) in [5.74, 6) is 0.912. The minimum absolute atomic E-state index is 0.0667. The Bertz CT molecular complexity index is 1020. The molecule has 0 atom stereocenters. The number of ether oxygens (including phenoxy) is 1. The fraction of sp³-hybridized carbons (Fsp3) is 0.286. The van der Waals surface area contributed by atoms with Gasteiger partial charge in [-0.05, 0) is 41.8 Å². The van der Waals surface area contributed by atoms with Gasteiger partial charge in [0.1, 0.15) is 5.75 Å². The summed E-state index contributed by atoms with van der Waals surface area (Å²) in [5, 5.41) is 9.33. The minimum Gasteiger partial charge on any atom is -0.484 e. The molecular formula is C21H21N3O3. The number of nitrogens with one attached hydrogen (secondary N) is 1. The minimum atomic E-state index is -0.227. The van der Waals surface area contributed by atoms with E-state index in [1.807, 2.05) is 42.5 Å². The van der Waals surface area contributed by atoms with E-state index in [1.165, 1.54) is 4.68 Å². The lowest BCUT2D eigenvalue weighted by molar-refractivity contribution is -0.123. The van der Waals surface area contributed by atoms with E-state index in [4.69, 9.17) is 4.74 Å². The molecule has 0 radical (unpaired) electrons. The standard InChI is InChI=1S/C21H21N3O3/c25-20(14-27-18-8-7-15-3-1-2-4-17(15)13-18)22-11-12-24-21(26)10-9-19(23-24)16-5-6-16/h1-4,7-10,13,16H,5-6,11-12,14H2,(H,22,25). The molecule has 2 aromatic carbocycles. The summed E-state index contributed by atoms with van der Waals surface area (Å²) in [6.07, 6.45) is 2.27. The van der Waals surface area contributed by atoms with E-state index in [1.54, 1.807) is 12.1 Å². The van der Waals surface area contributed by atoms with E-state index in [-0.39, 0.29) is 18.1 Å². The maximum absolute atomic E-state index is 12.0. The summed E-state index contributed by atoms with van der Waals surface area (Å²) < 4.78 is 6.98. The van der Waals surface area contributed by atoms with Crippen LogP contribution in [0.5, 0.6) is 5.75 Å². The molecule has 1 amide bonds. The second kappa shape index (κ2) is 7.61. The van der Waals surface area contributed by atoms with Gasteiger partial charge in [0.15, 0.2) is 6.61 Å². The molecule has 1 aliphatic rings. The lowest BCUT2D eigenvalue weighted by Gasteiger charge is -2.09. The number of aromatic nitrogens is 2. The molecule has 4 rings (SSSR count). The number of carbonyl (C=O) groups is 1. The van der Waals surface area contributed by atoms with Crippen molar-refractivity contribution in [3.63, 3.8) is 0 Å². The van der Waals surface area contributed by atoms with E-state index in [2.05, 4.69) is 10.4 Å². The van der Waals surface area contributed by atoms with Crippen LogP contribution >= 0.6 is 0 Å². The van der Waals surface area contributed by atoms with Gasteiger partial charge in [0, 0.05) is 18.5 Å². The number of hydrogen-bond acceptors (Lipinski definition) is 4. The monoisotopic (exact) mass is 363 g/mol. The predicted octanol–water partition coefficient (Wildman–Crippen LogP) is 2.47. The fourth-order valence-electron chi connectivity index (χ4n) is 2.98. The lowest BCUT2D eigenvalue weighted by atomic mass is 10.1. The molecule has 6 nitrogen and oxygen atoms in total. The zero-order valence-electron chi connectivity index (χ0n) is 14.9. The number of carbonyl (C=O) groups excluding carboxylic acids is 1. The molecule has 1 N–H and O–H groups in total. The van der Waals surface area contributed by atoms with Crippen molar-refractivity contribution in [2.45, 2.75) is 25.3 Å². The number of benzene rings is 2. The normalized spacial score (nSPS) is 13.5. The molecular weight excluding hydrogens is 342 g/mol. The second-order valence-corrected chi connectivity index (χ2v) is 6.74. The van der Waals surface area contributed by atoms with Crippen molar-refractivity contribution in [1.82, 2.24) is 15.1 Å². The van der Waals surface area contributed by atoms with Crippen molar-refractivity contribution in [3.8, 4) is 5.75 Å². The van der Waals surface area contributed by atoms with E-state index in [9.17, 15) is 9.59 Å². The Morgan fingerprint density at radius 2 is 1.93 bits per heavy atom. The van der Waals surface area contributed by atoms with Crippen LogP contribution in [0, 0.1) is 0 Å². The quantitative estimate of drug-likeness (QED) is 0.700. The van der Waals surface area contributed by atoms with Crippen molar-refractivity contribution >= 4 is 16.7 Å². The van der Waals surface area contributed by atoms with Crippen LogP contribution in [0.2, 0.25) is 0 Å². The van der Waals surface area contributed by atoms with Crippen LogP contribution < -0.4 is 15.6 Å². The maximum atomic E-state index is 12.0. The molecule has 1 aromatic heterocycles. The summed E-state index contributed by atoms with van der Waals surface area (Å²) in [4.78, 5) is 23.9. The summed E-state index contributed by atoms with van der Waals surface area (Å²) >= 11 is 0. The number of amides is 1. The SMILES string of the molecule is O=C(COc1ccc2ccccc2c1)NCCn1nc(C2CC2)ccc1=O. The molecule has 0 bridgehead atoms. The molecule has 6 heteroatoms. The third-order valence-electron chi connectivity index (χ3n) is 4.62. The summed E-state index contributed by atoms with van der Waals surface area (Å²) in [6.45, 7) is 0.616. The molecule has 27 heavy (non-hydrogen) atoms. The van der Waals surface area contributed by atoms with Crippen LogP contribution in [0.15, 0.2) is 59.4 Å². The highest BCUT2D eigenvalue weighted by Gasteiger charge is 2.25. The van der Waals surface area contributed by atoms with E-state index in [0.717, 1.165) is 29.3 Å². The van der Waals surface area contributed by atoms with Gasteiger partial charge in [-0.2, -0.15) is 5.10 Å². The maximum Gasteiger partial charge on any atom is 0.266 e. The second-order valence-electron chi connectivity index (χ2n) is 6.74. The van der Waals surface area contributed by atoms with Crippen LogP contribution in [0.4, 0.5) is 0 Å². The third-order valence-corrected chi connectivity index (χ3v) is 4.62. The van der Waals surface area contributed by atoms with E-state index >= 15 is 0 Å². The Balaban J connectivity index is 1.27. The Hall–Kier alpha value is -3.15. The Kier molecular flexibility index (Phi) is 4.87. The summed E-state index contributed by atoms with van der Waals surface area (Å²) in [5.41, 5.74) is 0.807. The van der Waals surface area contributed by atoms with Gasteiger partial charge < -0.3 is 10.1 Å². The molecule has 3 aromatic rings. The van der Waals surface area contributed by atoms with Crippen molar-refractivity contribution in [2.75, 3.05) is 13.2 Å². The Morgan fingerprint density at radius 1 is 1.11 bits per heavy atom. The van der Waals surface area contributed by atoms with Crippen LogP contribution in [0.3, 0.4) is 0 Å². The van der Waals surface area contributed by atoms with Crippen molar-refractivity contribution in [1.29, 1.82) is 0 Å². The highest BCUT2D eigenvalue weighted by molar-refractivity contribution is 5.84. The predicted molar refractivity (Wildman–Crippen MR) is 103 cm³/mol. The average Bonchev–Trinajstić information content (AvgIpc) is 3.53. The first kappa shape index (κ1) is 17.3. The van der Waals surface area contributed by atoms with Crippen LogP contribution in [-0.4, -0.2) is 28.8 Å². The van der Waals surface area contributed by atoms with Gasteiger partial charge in [0.25, 0.3) is 11.5 Å². The first-order chi connectivity index (χ1) is 13.2. The molecule has 1 heterocycles. The lowest BCUT2D eigenvalue weighted by Crippen LogP contribution is -2.34. The van der Waals surface area contributed by atoms with Crippen LogP contribution in [0.25, 0.3) is 10.8 Å². The molecule has 0 spiro atoms. The Labute approximate surface area is 156 Å².